The van der Waals surface area contributed by atoms with E-state index in [9.17, 15) is 22.8 Å². The predicted octanol–water partition coefficient (Wildman–Crippen LogP) is 4.16. The maximum Gasteiger partial charge on any atom is 0.435 e. The molecule has 0 radical (unpaired) electrons. The number of rotatable bonds is 8. The first kappa shape index (κ1) is 30.8. The van der Waals surface area contributed by atoms with Crippen LogP contribution in [0.4, 0.5) is 18.9 Å². The molecule has 36 heavy (non-hydrogen) atoms. The van der Waals surface area contributed by atoms with Crippen molar-refractivity contribution < 1.29 is 32.8 Å². The summed E-state index contributed by atoms with van der Waals surface area (Å²) in [4.78, 5) is 32.8. The van der Waals surface area contributed by atoms with Gasteiger partial charge in [-0.1, -0.05) is 33.6 Å². The lowest BCUT2D eigenvalue weighted by Crippen LogP contribution is -2.29. The summed E-state index contributed by atoms with van der Waals surface area (Å²) in [7, 11) is 1.50. The number of hydroxylamine groups is 1. The second-order valence-electron chi connectivity index (χ2n) is 8.79. The van der Waals surface area contributed by atoms with Crippen molar-refractivity contribution in [3.63, 3.8) is 0 Å². The van der Waals surface area contributed by atoms with Crippen molar-refractivity contribution in [3.8, 4) is 5.69 Å². The lowest BCUT2D eigenvalue weighted by atomic mass is 9.75. The molecule has 200 valence electrons. The number of anilines is 1. The van der Waals surface area contributed by atoms with Crippen LogP contribution in [-0.2, 0) is 17.4 Å². The zero-order valence-corrected chi connectivity index (χ0v) is 20.9. The molecule has 12 heteroatoms. The number of hydrogen-bond donors (Lipinski definition) is 4. The van der Waals surface area contributed by atoms with Crippen LogP contribution in [0.5, 0.6) is 0 Å². The molecule has 0 saturated carbocycles. The molecule has 0 spiro atoms. The summed E-state index contributed by atoms with van der Waals surface area (Å²) < 4.78 is 42.1. The highest BCUT2D eigenvalue weighted by atomic mass is 19.4. The molecule has 0 saturated heterocycles. The summed E-state index contributed by atoms with van der Waals surface area (Å²) in [6, 6.07) is 4.73. The summed E-state index contributed by atoms with van der Waals surface area (Å²) in [5.74, 6) is -0.540. The molecule has 0 atom stereocenters. The van der Waals surface area contributed by atoms with Gasteiger partial charge < -0.3 is 11.1 Å². The molecule has 1 aromatic carbocycles. The van der Waals surface area contributed by atoms with Crippen LogP contribution in [0.3, 0.4) is 0 Å². The fourth-order valence-electron chi connectivity index (χ4n) is 3.89. The fourth-order valence-corrected chi connectivity index (χ4v) is 3.89. The van der Waals surface area contributed by atoms with Gasteiger partial charge in [0.15, 0.2) is 17.8 Å². The predicted molar refractivity (Wildman–Crippen MR) is 129 cm³/mol. The number of ketones is 1. The first-order valence-corrected chi connectivity index (χ1v) is 11.5. The molecule has 9 nitrogen and oxygen atoms in total. The Labute approximate surface area is 208 Å². The lowest BCUT2D eigenvalue weighted by molar-refractivity contribution is -0.141. The van der Waals surface area contributed by atoms with Crippen molar-refractivity contribution in [1.29, 1.82) is 0 Å². The van der Waals surface area contributed by atoms with Crippen LogP contribution in [0.1, 0.15) is 78.6 Å². The Balaban J connectivity index is 0.000000982. The Hall–Kier alpha value is -3.25. The van der Waals surface area contributed by atoms with E-state index in [0.29, 0.717) is 36.2 Å². The van der Waals surface area contributed by atoms with E-state index in [0.717, 1.165) is 19.3 Å². The van der Waals surface area contributed by atoms with E-state index < -0.39 is 23.1 Å². The van der Waals surface area contributed by atoms with Crippen LogP contribution in [0.15, 0.2) is 18.2 Å². The minimum Gasteiger partial charge on any atom is -0.384 e. The van der Waals surface area contributed by atoms with Gasteiger partial charge in [0, 0.05) is 24.2 Å². The molecular weight excluding hydrogens is 479 g/mol. The Morgan fingerprint density at radius 3 is 2.36 bits per heavy atom. The number of fused-ring (bicyclic) bond motifs is 1. The molecule has 1 aromatic heterocycles. The Bertz CT molecular complexity index is 1040. The molecule has 0 bridgehead atoms. The van der Waals surface area contributed by atoms with Gasteiger partial charge in [0.2, 0.25) is 6.41 Å². The number of hydrogen-bond acceptors (Lipinski definition) is 7. The van der Waals surface area contributed by atoms with E-state index in [1.54, 1.807) is 18.2 Å². The number of nitrogens with two attached hydrogens (primary N) is 1. The van der Waals surface area contributed by atoms with Crippen molar-refractivity contribution in [2.75, 3.05) is 18.9 Å². The molecule has 1 aliphatic rings. The summed E-state index contributed by atoms with van der Waals surface area (Å²) >= 11 is 0. The summed E-state index contributed by atoms with van der Waals surface area (Å²) in [6.45, 7) is 6.44. The number of unbranched alkanes of at least 4 members (excludes halogenated alkanes) is 2. The molecule has 1 heterocycles. The van der Waals surface area contributed by atoms with E-state index in [1.807, 2.05) is 13.8 Å². The topological polar surface area (TPSA) is 139 Å². The van der Waals surface area contributed by atoms with Gasteiger partial charge in [0.25, 0.3) is 0 Å². The van der Waals surface area contributed by atoms with Gasteiger partial charge in [0.1, 0.15) is 0 Å². The SMILES string of the molecule is CCCCCNc1cc(-n2nc(C(F)(F)F)c3c2CC(C)(C)CC3=O)ccc1C=O.CN.O=CNO. The maximum atomic E-state index is 13.6. The van der Waals surface area contributed by atoms with Crippen molar-refractivity contribution in [2.24, 2.45) is 11.1 Å². The largest absolute Gasteiger partial charge is 0.435 e. The minimum absolute atomic E-state index is 0.0447. The standard InChI is InChI=1S/C22H26F3N3O2.CH3NO2.CH5N/c1-4-5-6-9-26-16-10-15(8-7-14(16)13-29)28-17-11-21(2,3)12-18(30)19(17)20(27-28)22(23,24)25;3-1-2-4;1-2/h7-8,10,13,26H,4-6,9,11-12H2,1-3H3;1,4H,(H,2,3);2H2,1H3. The third-order valence-corrected chi connectivity index (χ3v) is 5.37. The molecule has 3 rings (SSSR count). The quantitative estimate of drug-likeness (QED) is 0.180. The van der Waals surface area contributed by atoms with Crippen molar-refractivity contribution >= 4 is 24.2 Å². The van der Waals surface area contributed by atoms with Crippen LogP contribution >= 0.6 is 0 Å². The van der Waals surface area contributed by atoms with Crippen LogP contribution < -0.4 is 16.5 Å². The zero-order valence-electron chi connectivity index (χ0n) is 20.9. The number of Topliss-reactive ketones (excluding diaryl/α,β-unsaturated/α-hetero) is 1. The van der Waals surface area contributed by atoms with Crippen molar-refractivity contribution in [1.82, 2.24) is 15.3 Å². The van der Waals surface area contributed by atoms with Gasteiger partial charge >= 0.3 is 6.18 Å². The highest BCUT2D eigenvalue weighted by Crippen LogP contribution is 2.42. The van der Waals surface area contributed by atoms with Crippen LogP contribution in [0.2, 0.25) is 0 Å². The number of carbonyl (C=O) groups excluding carboxylic acids is 3. The smallest absolute Gasteiger partial charge is 0.384 e. The van der Waals surface area contributed by atoms with Gasteiger partial charge in [-0.25, -0.2) is 10.2 Å². The molecule has 2 aromatic rings. The van der Waals surface area contributed by atoms with E-state index in [-0.39, 0.29) is 24.1 Å². The molecule has 0 aliphatic heterocycles. The number of benzene rings is 1. The molecule has 0 unspecified atom stereocenters. The first-order chi connectivity index (χ1) is 17.0. The molecule has 5 N–H and O–H groups in total. The fraction of sp³-hybridized carbons (Fsp3) is 0.500. The average Bonchev–Trinajstić information content (AvgIpc) is 3.22. The summed E-state index contributed by atoms with van der Waals surface area (Å²) in [5, 5.41) is 14.3. The number of nitrogens with zero attached hydrogens (tertiary/aromatic N) is 2. The van der Waals surface area contributed by atoms with Crippen LogP contribution in [-0.4, -0.2) is 47.1 Å². The van der Waals surface area contributed by atoms with Gasteiger partial charge in [-0.3, -0.25) is 19.6 Å². The highest BCUT2D eigenvalue weighted by Gasteiger charge is 2.45. The van der Waals surface area contributed by atoms with Crippen LogP contribution in [0.25, 0.3) is 5.69 Å². The van der Waals surface area contributed by atoms with Gasteiger partial charge in [0.05, 0.1) is 16.9 Å². The normalized spacial score (nSPS) is 13.9. The van der Waals surface area contributed by atoms with Crippen molar-refractivity contribution in [2.45, 2.75) is 59.1 Å². The number of nitrogens with one attached hydrogen (secondary N) is 2. The zero-order chi connectivity index (χ0) is 27.5. The van der Waals surface area contributed by atoms with Gasteiger partial charge in [-0.2, -0.15) is 18.3 Å². The Morgan fingerprint density at radius 1 is 1.19 bits per heavy atom. The molecule has 0 fully saturated rings. The van der Waals surface area contributed by atoms with E-state index in [1.165, 1.54) is 17.2 Å². The van der Waals surface area contributed by atoms with Gasteiger partial charge in [-0.15, -0.1) is 0 Å². The summed E-state index contributed by atoms with van der Waals surface area (Å²) in [5.41, 5.74) is 5.42. The van der Waals surface area contributed by atoms with E-state index in [4.69, 9.17) is 10.0 Å². The number of aromatic nitrogens is 2. The lowest BCUT2D eigenvalue weighted by Gasteiger charge is -2.29. The van der Waals surface area contributed by atoms with E-state index >= 15 is 0 Å². The first-order valence-electron chi connectivity index (χ1n) is 11.5. The highest BCUT2D eigenvalue weighted by molar-refractivity contribution is 6.00. The number of aldehydes is 1. The third-order valence-electron chi connectivity index (χ3n) is 5.37. The number of halogens is 3. The van der Waals surface area contributed by atoms with E-state index in [2.05, 4.69) is 23.1 Å². The third kappa shape index (κ3) is 7.89. The second-order valence-corrected chi connectivity index (χ2v) is 8.79. The number of carbonyl (C=O) groups is 3. The number of alkyl halides is 3. The summed E-state index contributed by atoms with van der Waals surface area (Å²) in [6.07, 6.45) is -0.506. The Morgan fingerprint density at radius 2 is 1.83 bits per heavy atom. The van der Waals surface area contributed by atoms with Gasteiger partial charge in [-0.05, 0) is 43.5 Å². The minimum atomic E-state index is -4.73. The second kappa shape index (κ2) is 13.7. The molecular formula is C24H34F3N5O4. The monoisotopic (exact) mass is 513 g/mol. The molecule has 1 aliphatic carbocycles. The average molecular weight is 514 g/mol. The van der Waals surface area contributed by atoms with Crippen molar-refractivity contribution in [3.05, 3.63) is 40.7 Å². The molecule has 1 amide bonds. The Kier molecular flexibility index (Phi) is 11.7. The maximum absolute atomic E-state index is 13.6. The van der Waals surface area contributed by atoms with Crippen LogP contribution in [0, 0.1) is 5.41 Å². The number of amides is 1.